The van der Waals surface area contributed by atoms with Gasteiger partial charge in [0.2, 0.25) is 0 Å². The number of carbonyl (C=O) groups excluding carboxylic acids is 1. The van der Waals surface area contributed by atoms with Crippen LogP contribution in [0.5, 0.6) is 0 Å². The van der Waals surface area contributed by atoms with Crippen LogP contribution in [0.2, 0.25) is 0 Å². The maximum Gasteiger partial charge on any atom is 0.323 e. The molecule has 2 rings (SSSR count). The van der Waals surface area contributed by atoms with E-state index < -0.39 is 0 Å². The number of rotatable bonds is 3. The van der Waals surface area contributed by atoms with E-state index in [2.05, 4.69) is 26.6 Å². The number of nitrogens with one attached hydrogen (secondary N) is 2. The van der Waals surface area contributed by atoms with Crippen molar-refractivity contribution >= 4 is 33.7 Å². The Morgan fingerprint density at radius 2 is 1.90 bits per heavy atom. The van der Waals surface area contributed by atoms with Crippen LogP contribution in [-0.4, -0.2) is 6.03 Å². The fourth-order valence-electron chi connectivity index (χ4n) is 1.62. The van der Waals surface area contributed by atoms with Crippen molar-refractivity contribution in [1.29, 1.82) is 0 Å². The van der Waals surface area contributed by atoms with Gasteiger partial charge in [0.1, 0.15) is 0 Å². The molecule has 0 fully saturated rings. The SMILES string of the molecule is Cc1ccc(/C=C/NC(=O)Nc2cccc(Br)c2)cc1. The highest BCUT2D eigenvalue weighted by Crippen LogP contribution is 2.15. The van der Waals surface area contributed by atoms with Gasteiger partial charge in [-0.2, -0.15) is 0 Å². The second-order valence-corrected chi connectivity index (χ2v) is 5.27. The van der Waals surface area contributed by atoms with Gasteiger partial charge in [-0.05, 0) is 36.8 Å². The smallest absolute Gasteiger partial charge is 0.314 e. The molecule has 0 atom stereocenters. The molecule has 0 saturated heterocycles. The number of carbonyl (C=O) groups is 1. The summed E-state index contributed by atoms with van der Waals surface area (Å²) < 4.78 is 0.922. The molecule has 2 N–H and O–H groups in total. The third kappa shape index (κ3) is 4.55. The average Bonchev–Trinajstić information content (AvgIpc) is 2.41. The fourth-order valence-corrected chi connectivity index (χ4v) is 2.02. The number of aryl methyl sites for hydroxylation is 1. The van der Waals surface area contributed by atoms with E-state index in [1.54, 1.807) is 6.20 Å². The van der Waals surface area contributed by atoms with Crippen molar-refractivity contribution in [3.05, 3.63) is 70.3 Å². The van der Waals surface area contributed by atoms with Gasteiger partial charge < -0.3 is 10.6 Å². The standard InChI is InChI=1S/C16H15BrN2O/c1-12-5-7-13(8-6-12)9-10-18-16(20)19-15-4-2-3-14(17)11-15/h2-11H,1H3,(H2,18,19,20)/b10-9+. The summed E-state index contributed by atoms with van der Waals surface area (Å²) in [5, 5.41) is 5.41. The summed E-state index contributed by atoms with van der Waals surface area (Å²) in [6, 6.07) is 15.2. The van der Waals surface area contributed by atoms with Gasteiger partial charge >= 0.3 is 6.03 Å². The number of hydrogen-bond donors (Lipinski definition) is 2. The number of anilines is 1. The normalized spacial score (nSPS) is 10.5. The molecule has 3 nitrogen and oxygen atoms in total. The summed E-state index contributed by atoms with van der Waals surface area (Å²) in [6.07, 6.45) is 3.47. The van der Waals surface area contributed by atoms with Gasteiger partial charge in [0.05, 0.1) is 0 Å². The molecule has 4 heteroatoms. The van der Waals surface area contributed by atoms with E-state index in [1.807, 2.05) is 61.5 Å². The van der Waals surface area contributed by atoms with E-state index in [0.29, 0.717) is 0 Å². The first-order valence-electron chi connectivity index (χ1n) is 6.20. The first-order valence-corrected chi connectivity index (χ1v) is 6.99. The molecule has 0 aliphatic heterocycles. The summed E-state index contributed by atoms with van der Waals surface area (Å²) in [7, 11) is 0. The van der Waals surface area contributed by atoms with Crippen molar-refractivity contribution in [2.24, 2.45) is 0 Å². The molecule has 0 aliphatic rings. The molecule has 0 unspecified atom stereocenters. The van der Waals surface area contributed by atoms with E-state index in [9.17, 15) is 4.79 Å². The highest BCUT2D eigenvalue weighted by atomic mass is 79.9. The molecule has 2 aromatic rings. The van der Waals surface area contributed by atoms with Crippen LogP contribution >= 0.6 is 15.9 Å². The summed E-state index contributed by atoms with van der Waals surface area (Å²) >= 11 is 3.36. The summed E-state index contributed by atoms with van der Waals surface area (Å²) in [4.78, 5) is 11.7. The van der Waals surface area contributed by atoms with E-state index >= 15 is 0 Å². The molecule has 0 saturated carbocycles. The Kier molecular flexibility index (Phi) is 4.96. The molecular weight excluding hydrogens is 316 g/mol. The van der Waals surface area contributed by atoms with Crippen molar-refractivity contribution in [3.63, 3.8) is 0 Å². The second kappa shape index (κ2) is 6.91. The topological polar surface area (TPSA) is 41.1 Å². The van der Waals surface area contributed by atoms with Gasteiger partial charge in [-0.1, -0.05) is 51.8 Å². The molecule has 2 aromatic carbocycles. The van der Waals surface area contributed by atoms with Gasteiger partial charge in [-0.3, -0.25) is 0 Å². The summed E-state index contributed by atoms with van der Waals surface area (Å²) in [5.41, 5.74) is 2.99. The minimum Gasteiger partial charge on any atom is -0.314 e. The number of amides is 2. The number of urea groups is 1. The van der Waals surface area contributed by atoms with Crippen LogP contribution < -0.4 is 10.6 Å². The van der Waals surface area contributed by atoms with Crippen LogP contribution in [0.4, 0.5) is 10.5 Å². The zero-order valence-electron chi connectivity index (χ0n) is 11.1. The molecule has 0 aromatic heterocycles. The molecule has 0 bridgehead atoms. The Hall–Kier alpha value is -2.07. The molecule has 0 aliphatic carbocycles. The van der Waals surface area contributed by atoms with Gasteiger partial charge in [0.25, 0.3) is 0 Å². The predicted molar refractivity (Wildman–Crippen MR) is 86.5 cm³/mol. The van der Waals surface area contributed by atoms with E-state index in [4.69, 9.17) is 0 Å². The minimum absolute atomic E-state index is 0.272. The Morgan fingerprint density at radius 1 is 1.15 bits per heavy atom. The maximum absolute atomic E-state index is 11.7. The first kappa shape index (κ1) is 14.3. The third-order valence-corrected chi connectivity index (χ3v) is 3.14. The molecule has 0 spiro atoms. The zero-order chi connectivity index (χ0) is 14.4. The molecule has 20 heavy (non-hydrogen) atoms. The van der Waals surface area contributed by atoms with E-state index in [0.717, 1.165) is 15.7 Å². The third-order valence-electron chi connectivity index (χ3n) is 2.65. The molecule has 0 heterocycles. The van der Waals surface area contributed by atoms with Gasteiger partial charge in [-0.25, -0.2) is 4.79 Å². The largest absolute Gasteiger partial charge is 0.323 e. The summed E-state index contributed by atoms with van der Waals surface area (Å²) in [5.74, 6) is 0. The van der Waals surface area contributed by atoms with E-state index in [-0.39, 0.29) is 6.03 Å². The van der Waals surface area contributed by atoms with Gasteiger partial charge in [0, 0.05) is 16.4 Å². The lowest BCUT2D eigenvalue weighted by atomic mass is 10.1. The summed E-state index contributed by atoms with van der Waals surface area (Å²) in [6.45, 7) is 2.04. The highest BCUT2D eigenvalue weighted by molar-refractivity contribution is 9.10. The number of halogens is 1. The van der Waals surface area contributed by atoms with Crippen molar-refractivity contribution < 1.29 is 4.79 Å². The Bertz CT molecular complexity index is 621. The molecule has 102 valence electrons. The van der Waals surface area contributed by atoms with Crippen LogP contribution in [-0.2, 0) is 0 Å². The monoisotopic (exact) mass is 330 g/mol. The fraction of sp³-hybridized carbons (Fsp3) is 0.0625. The van der Waals surface area contributed by atoms with Crippen molar-refractivity contribution in [1.82, 2.24) is 5.32 Å². The van der Waals surface area contributed by atoms with Crippen molar-refractivity contribution in [3.8, 4) is 0 Å². The first-order chi connectivity index (χ1) is 9.63. The van der Waals surface area contributed by atoms with Crippen LogP contribution in [0.1, 0.15) is 11.1 Å². The lowest BCUT2D eigenvalue weighted by Gasteiger charge is -2.04. The number of hydrogen-bond acceptors (Lipinski definition) is 1. The Morgan fingerprint density at radius 3 is 2.60 bits per heavy atom. The van der Waals surface area contributed by atoms with Crippen molar-refractivity contribution in [2.75, 3.05) is 5.32 Å². The van der Waals surface area contributed by atoms with E-state index in [1.165, 1.54) is 5.56 Å². The molecule has 2 amide bonds. The quantitative estimate of drug-likeness (QED) is 0.851. The lowest BCUT2D eigenvalue weighted by Crippen LogP contribution is -2.23. The maximum atomic E-state index is 11.7. The van der Waals surface area contributed by atoms with Gasteiger partial charge in [-0.15, -0.1) is 0 Å². The highest BCUT2D eigenvalue weighted by Gasteiger charge is 1.99. The lowest BCUT2D eigenvalue weighted by molar-refractivity contribution is 0.255. The molecule has 0 radical (unpaired) electrons. The second-order valence-electron chi connectivity index (χ2n) is 4.35. The Balaban J connectivity index is 1.87. The average molecular weight is 331 g/mol. The van der Waals surface area contributed by atoms with Crippen LogP contribution in [0.25, 0.3) is 6.08 Å². The van der Waals surface area contributed by atoms with Crippen LogP contribution in [0, 0.1) is 6.92 Å². The molecular formula is C16H15BrN2O. The predicted octanol–water partition coefficient (Wildman–Crippen LogP) is 4.55. The number of benzene rings is 2. The zero-order valence-corrected chi connectivity index (χ0v) is 12.6. The van der Waals surface area contributed by atoms with Crippen LogP contribution in [0.15, 0.2) is 59.2 Å². The van der Waals surface area contributed by atoms with Crippen molar-refractivity contribution in [2.45, 2.75) is 6.92 Å². The van der Waals surface area contributed by atoms with Gasteiger partial charge in [0.15, 0.2) is 0 Å². The minimum atomic E-state index is -0.272. The van der Waals surface area contributed by atoms with Crippen LogP contribution in [0.3, 0.4) is 0 Å². The Labute approximate surface area is 126 Å².